The number of aromatic nitrogens is 1. The van der Waals surface area contributed by atoms with E-state index in [9.17, 15) is 9.59 Å². The van der Waals surface area contributed by atoms with Gasteiger partial charge in [-0.2, -0.15) is 0 Å². The number of hydrogen-bond acceptors (Lipinski definition) is 5. The average molecular weight is 377 g/mol. The maximum Gasteiger partial charge on any atom is 0.222 e. The first-order valence-electron chi connectivity index (χ1n) is 9.90. The van der Waals surface area contributed by atoms with Crippen LogP contribution in [0.1, 0.15) is 49.1 Å². The van der Waals surface area contributed by atoms with Crippen molar-refractivity contribution in [1.82, 2.24) is 15.0 Å². The van der Waals surface area contributed by atoms with E-state index in [-0.39, 0.29) is 17.2 Å². The van der Waals surface area contributed by atoms with Gasteiger partial charge in [0.25, 0.3) is 0 Å². The summed E-state index contributed by atoms with van der Waals surface area (Å²) in [6.07, 6.45) is 4.68. The van der Waals surface area contributed by atoms with E-state index in [1.807, 2.05) is 23.6 Å². The molecule has 0 bridgehead atoms. The molecule has 7 heteroatoms. The summed E-state index contributed by atoms with van der Waals surface area (Å²) in [5.74, 6) is 1.20. The van der Waals surface area contributed by atoms with Gasteiger partial charge in [-0.1, -0.05) is 5.16 Å². The maximum atomic E-state index is 12.8. The largest absolute Gasteiger partial charge is 0.383 e. The zero-order valence-electron chi connectivity index (χ0n) is 16.8. The van der Waals surface area contributed by atoms with E-state index in [1.54, 1.807) is 7.11 Å². The van der Waals surface area contributed by atoms with Crippen molar-refractivity contribution in [3.8, 4) is 0 Å². The van der Waals surface area contributed by atoms with Crippen LogP contribution in [0.4, 0.5) is 0 Å². The summed E-state index contributed by atoms with van der Waals surface area (Å²) >= 11 is 0. The minimum Gasteiger partial charge on any atom is -0.383 e. The van der Waals surface area contributed by atoms with Crippen LogP contribution < -0.4 is 0 Å². The van der Waals surface area contributed by atoms with E-state index in [1.165, 1.54) is 0 Å². The second-order valence-electron chi connectivity index (χ2n) is 8.03. The lowest BCUT2D eigenvalue weighted by Crippen LogP contribution is -2.55. The van der Waals surface area contributed by atoms with Gasteiger partial charge in [0, 0.05) is 57.1 Å². The Morgan fingerprint density at radius 1 is 1.30 bits per heavy atom. The fourth-order valence-electron chi connectivity index (χ4n) is 4.51. The monoisotopic (exact) mass is 377 g/mol. The minimum absolute atomic E-state index is 0.0403. The molecule has 0 aromatic carbocycles. The fourth-order valence-corrected chi connectivity index (χ4v) is 4.51. The van der Waals surface area contributed by atoms with Crippen molar-refractivity contribution in [2.24, 2.45) is 5.41 Å². The number of nitrogens with zero attached hydrogens (tertiary/aromatic N) is 3. The molecule has 7 nitrogen and oxygen atoms in total. The summed E-state index contributed by atoms with van der Waals surface area (Å²) < 4.78 is 10.3. The average Bonchev–Trinajstić information content (AvgIpc) is 2.98. The van der Waals surface area contributed by atoms with Crippen LogP contribution in [0.15, 0.2) is 4.52 Å². The number of methoxy groups -OCH3 is 1. The Kier molecular flexibility index (Phi) is 6.19. The van der Waals surface area contributed by atoms with Crippen molar-refractivity contribution < 1.29 is 18.8 Å². The Labute approximate surface area is 161 Å². The number of likely N-dealkylation sites (tertiary alicyclic amines) is 2. The van der Waals surface area contributed by atoms with Crippen LogP contribution >= 0.6 is 0 Å². The topological polar surface area (TPSA) is 75.9 Å². The van der Waals surface area contributed by atoms with E-state index in [0.29, 0.717) is 32.4 Å². The standard InChI is InChI=1S/C20H31N3O4/c1-15-17(16(2)27-21-15)5-6-18(24)22-10-4-8-20(13-22)9-7-19(25)23(14-20)11-12-26-3/h4-14H2,1-3H3/t20-/m0/s1. The van der Waals surface area contributed by atoms with Crippen molar-refractivity contribution in [3.63, 3.8) is 0 Å². The SMILES string of the molecule is COCCN1C[C@@]2(CCCN(C(=O)CCc3c(C)noc3C)C2)CCC1=O. The van der Waals surface area contributed by atoms with Gasteiger partial charge in [-0.05, 0) is 39.5 Å². The molecule has 3 rings (SSSR count). The molecule has 27 heavy (non-hydrogen) atoms. The molecule has 1 spiro atoms. The first kappa shape index (κ1) is 19.9. The quantitative estimate of drug-likeness (QED) is 0.759. The lowest BCUT2D eigenvalue weighted by Gasteiger charge is -2.48. The van der Waals surface area contributed by atoms with Crippen LogP contribution in [-0.2, 0) is 20.7 Å². The van der Waals surface area contributed by atoms with Gasteiger partial charge in [0.2, 0.25) is 11.8 Å². The molecule has 150 valence electrons. The van der Waals surface area contributed by atoms with Crippen LogP contribution in [0.2, 0.25) is 0 Å². The highest BCUT2D eigenvalue weighted by Crippen LogP contribution is 2.39. The number of amides is 2. The number of ether oxygens (including phenoxy) is 1. The van der Waals surface area contributed by atoms with E-state index in [4.69, 9.17) is 9.26 Å². The van der Waals surface area contributed by atoms with Crippen LogP contribution in [0.3, 0.4) is 0 Å². The Hall–Kier alpha value is -1.89. The predicted molar refractivity (Wildman–Crippen MR) is 100 cm³/mol. The summed E-state index contributed by atoms with van der Waals surface area (Å²) in [6, 6.07) is 0. The summed E-state index contributed by atoms with van der Waals surface area (Å²) in [6.45, 7) is 7.31. The normalized spacial score (nSPS) is 23.3. The molecule has 3 heterocycles. The third-order valence-corrected chi connectivity index (χ3v) is 6.10. The molecule has 1 aromatic heterocycles. The van der Waals surface area contributed by atoms with E-state index in [0.717, 1.165) is 55.9 Å². The second-order valence-corrected chi connectivity index (χ2v) is 8.03. The Morgan fingerprint density at radius 3 is 2.81 bits per heavy atom. The van der Waals surface area contributed by atoms with Gasteiger partial charge < -0.3 is 19.1 Å². The predicted octanol–water partition coefficient (Wildman–Crippen LogP) is 2.10. The van der Waals surface area contributed by atoms with Gasteiger partial charge in [-0.3, -0.25) is 9.59 Å². The minimum atomic E-state index is 0.0403. The van der Waals surface area contributed by atoms with Crippen molar-refractivity contribution in [1.29, 1.82) is 0 Å². The first-order chi connectivity index (χ1) is 12.9. The first-order valence-corrected chi connectivity index (χ1v) is 9.90. The number of rotatable bonds is 6. The van der Waals surface area contributed by atoms with Gasteiger partial charge in [0.1, 0.15) is 5.76 Å². The Morgan fingerprint density at radius 2 is 2.11 bits per heavy atom. The fraction of sp³-hybridized carbons (Fsp3) is 0.750. The molecule has 0 unspecified atom stereocenters. The van der Waals surface area contributed by atoms with Gasteiger partial charge in [-0.15, -0.1) is 0 Å². The summed E-state index contributed by atoms with van der Waals surface area (Å²) in [5, 5.41) is 3.97. The molecule has 2 aliphatic rings. The number of hydrogen-bond donors (Lipinski definition) is 0. The smallest absolute Gasteiger partial charge is 0.222 e. The van der Waals surface area contributed by atoms with Crippen molar-refractivity contribution in [3.05, 3.63) is 17.0 Å². The van der Waals surface area contributed by atoms with Crippen molar-refractivity contribution in [2.75, 3.05) is 39.9 Å². The molecule has 0 N–H and O–H groups in total. The lowest BCUT2D eigenvalue weighted by molar-refractivity contribution is -0.143. The molecule has 2 aliphatic heterocycles. The van der Waals surface area contributed by atoms with E-state index >= 15 is 0 Å². The van der Waals surface area contributed by atoms with Crippen LogP contribution in [0.25, 0.3) is 0 Å². The number of piperidine rings is 2. The summed E-state index contributed by atoms with van der Waals surface area (Å²) in [4.78, 5) is 29.0. The Bertz CT molecular complexity index is 667. The van der Waals surface area contributed by atoms with Crippen molar-refractivity contribution >= 4 is 11.8 Å². The van der Waals surface area contributed by atoms with E-state index in [2.05, 4.69) is 5.16 Å². The molecule has 2 amide bonds. The third-order valence-electron chi connectivity index (χ3n) is 6.10. The number of aryl methyl sites for hydroxylation is 2. The second kappa shape index (κ2) is 8.42. The molecular weight excluding hydrogens is 346 g/mol. The zero-order valence-corrected chi connectivity index (χ0v) is 16.8. The maximum absolute atomic E-state index is 12.8. The molecule has 1 atom stereocenters. The van der Waals surface area contributed by atoms with Gasteiger partial charge >= 0.3 is 0 Å². The number of carbonyl (C=O) groups is 2. The van der Waals surface area contributed by atoms with Crippen LogP contribution in [0.5, 0.6) is 0 Å². The van der Waals surface area contributed by atoms with Crippen molar-refractivity contribution in [2.45, 2.75) is 52.4 Å². The van der Waals surface area contributed by atoms with Crippen LogP contribution in [-0.4, -0.2) is 66.7 Å². The van der Waals surface area contributed by atoms with Crippen LogP contribution in [0, 0.1) is 19.3 Å². The molecule has 2 fully saturated rings. The van der Waals surface area contributed by atoms with Gasteiger partial charge in [0.05, 0.1) is 12.3 Å². The summed E-state index contributed by atoms with van der Waals surface area (Å²) in [5.41, 5.74) is 1.96. The van der Waals surface area contributed by atoms with Gasteiger partial charge in [0.15, 0.2) is 0 Å². The number of carbonyl (C=O) groups excluding carboxylic acids is 2. The summed E-state index contributed by atoms with van der Waals surface area (Å²) in [7, 11) is 1.66. The van der Waals surface area contributed by atoms with Gasteiger partial charge in [-0.25, -0.2) is 0 Å². The molecule has 2 saturated heterocycles. The lowest BCUT2D eigenvalue weighted by atomic mass is 9.73. The highest BCUT2D eigenvalue weighted by molar-refractivity contribution is 5.78. The highest BCUT2D eigenvalue weighted by Gasteiger charge is 2.42. The molecule has 0 saturated carbocycles. The van der Waals surface area contributed by atoms with E-state index < -0.39 is 0 Å². The third kappa shape index (κ3) is 4.51. The molecule has 0 radical (unpaired) electrons. The Balaban J connectivity index is 1.59. The molecule has 0 aliphatic carbocycles. The molecule has 1 aromatic rings. The highest BCUT2D eigenvalue weighted by atomic mass is 16.5. The molecular formula is C20H31N3O4. The zero-order chi connectivity index (χ0) is 19.4.